The average molecular weight is 953 g/mol. The number of amides is 1. The number of fused-ring (bicyclic) bond motifs is 1. The summed E-state index contributed by atoms with van der Waals surface area (Å²) in [4.78, 5) is 43.0. The normalized spacial score (nSPS) is 28.1. The molecule has 3 aliphatic rings. The fourth-order valence-electron chi connectivity index (χ4n) is 8.39. The number of rotatable bonds is 22. The van der Waals surface area contributed by atoms with Crippen LogP contribution in [0, 0.1) is 17.8 Å². The minimum absolute atomic E-state index is 0.0544. The van der Waals surface area contributed by atoms with Crippen LogP contribution in [0.2, 0.25) is 18.1 Å². The summed E-state index contributed by atoms with van der Waals surface area (Å²) in [5.41, 5.74) is 11.6. The first-order valence-electron chi connectivity index (χ1n) is 23.4. The standard InChI is InChI=1S/C49H72N4O13Si/c1-12-24-57-48(56)65-44-41(52-53-50)47(66-67(10,11)49(8,9)31(5)6)63-37(43(44)58-27-33-20-16-14-17-21-33)29-60-46-40(51-38(54)26-35(25-30(3)4)61-39(55)13-2)32(7)42-36(62-46)28-59-45(64-42)34-22-18-15-19-23-34/h12,14-23,30-32,35-37,40-47H,1,13,24-29H2,2-11H3,(H,51,54)/t32-,35-,36?,37?,40?,41?,42-,43+,44-,45?,46-,47+/m1/s1. The highest BCUT2D eigenvalue weighted by Crippen LogP contribution is 2.46. The number of hydrogen-bond donors (Lipinski definition) is 1. The molecule has 1 amide bonds. The van der Waals surface area contributed by atoms with Crippen molar-refractivity contribution in [2.24, 2.45) is 22.9 Å². The van der Waals surface area contributed by atoms with Crippen LogP contribution in [0.15, 0.2) is 78.4 Å². The van der Waals surface area contributed by atoms with E-state index in [4.69, 9.17) is 47.1 Å². The summed E-state index contributed by atoms with van der Waals surface area (Å²) in [7, 11) is -2.75. The summed E-state index contributed by atoms with van der Waals surface area (Å²) in [6.07, 6.45) is -7.27. The van der Waals surface area contributed by atoms with Crippen molar-refractivity contribution in [3.63, 3.8) is 0 Å². The molecular weight excluding hydrogens is 881 g/mol. The Balaban J connectivity index is 1.51. The number of esters is 1. The van der Waals surface area contributed by atoms with Crippen LogP contribution in [-0.2, 0) is 63.3 Å². The number of hydrogen-bond acceptors (Lipinski definition) is 14. The number of carbonyl (C=O) groups is 3. The van der Waals surface area contributed by atoms with E-state index in [0.717, 1.165) is 11.1 Å². The molecule has 370 valence electrons. The van der Waals surface area contributed by atoms with Gasteiger partial charge in [-0.15, -0.1) is 0 Å². The van der Waals surface area contributed by atoms with Crippen LogP contribution in [0.25, 0.3) is 10.4 Å². The highest BCUT2D eigenvalue weighted by Gasteiger charge is 2.55. The van der Waals surface area contributed by atoms with Crippen molar-refractivity contribution in [1.29, 1.82) is 0 Å². The van der Waals surface area contributed by atoms with E-state index >= 15 is 0 Å². The highest BCUT2D eigenvalue weighted by molar-refractivity contribution is 6.74. The molecule has 0 aromatic heterocycles. The molecule has 0 bridgehead atoms. The second-order valence-electron chi connectivity index (χ2n) is 19.2. The topological polar surface area (TPSA) is 204 Å². The van der Waals surface area contributed by atoms with Crippen molar-refractivity contribution in [2.45, 2.75) is 167 Å². The molecule has 18 heteroatoms. The second kappa shape index (κ2) is 24.8. The van der Waals surface area contributed by atoms with Crippen LogP contribution in [0.5, 0.6) is 0 Å². The molecule has 5 rings (SSSR count). The Morgan fingerprint density at radius 3 is 2.30 bits per heavy atom. The molecule has 0 aliphatic carbocycles. The lowest BCUT2D eigenvalue weighted by Gasteiger charge is -2.50. The number of azide groups is 1. The lowest BCUT2D eigenvalue weighted by Crippen LogP contribution is -2.65. The van der Waals surface area contributed by atoms with E-state index in [9.17, 15) is 19.9 Å². The van der Waals surface area contributed by atoms with Crippen LogP contribution in [-0.4, -0.2) is 107 Å². The first kappa shape index (κ1) is 53.6. The molecule has 2 aromatic rings. The van der Waals surface area contributed by atoms with Gasteiger partial charge in [-0.25, -0.2) is 4.79 Å². The number of nitrogens with zero attached hydrogens (tertiary/aromatic N) is 3. The molecule has 3 aliphatic heterocycles. The van der Waals surface area contributed by atoms with Gasteiger partial charge in [-0.1, -0.05) is 134 Å². The van der Waals surface area contributed by atoms with E-state index in [2.05, 4.69) is 62.7 Å². The van der Waals surface area contributed by atoms with Crippen LogP contribution < -0.4 is 5.32 Å². The van der Waals surface area contributed by atoms with Gasteiger partial charge in [-0.2, -0.15) is 0 Å². The average Bonchev–Trinajstić information content (AvgIpc) is 3.29. The summed E-state index contributed by atoms with van der Waals surface area (Å²) >= 11 is 0. The van der Waals surface area contributed by atoms with Gasteiger partial charge in [0, 0.05) is 22.8 Å². The lowest BCUT2D eigenvalue weighted by atomic mass is 9.87. The molecule has 2 aromatic carbocycles. The zero-order valence-corrected chi connectivity index (χ0v) is 41.7. The maximum Gasteiger partial charge on any atom is 0.508 e. The third-order valence-corrected chi connectivity index (χ3v) is 17.8. The van der Waals surface area contributed by atoms with Gasteiger partial charge in [-0.3, -0.25) is 9.59 Å². The van der Waals surface area contributed by atoms with E-state index in [1.165, 1.54) is 6.08 Å². The zero-order valence-electron chi connectivity index (χ0n) is 40.7. The summed E-state index contributed by atoms with van der Waals surface area (Å²) in [5.74, 6) is -0.802. The maximum atomic E-state index is 14.1. The zero-order chi connectivity index (χ0) is 48.9. The van der Waals surface area contributed by atoms with Gasteiger partial charge in [-0.05, 0) is 47.5 Å². The molecule has 0 radical (unpaired) electrons. The van der Waals surface area contributed by atoms with Crippen LogP contribution in [0.4, 0.5) is 4.79 Å². The minimum atomic E-state index is -2.75. The molecule has 3 fully saturated rings. The smallest absolute Gasteiger partial charge is 0.462 e. The molecule has 3 saturated heterocycles. The van der Waals surface area contributed by atoms with Gasteiger partial charge in [0.2, 0.25) is 5.91 Å². The summed E-state index contributed by atoms with van der Waals surface area (Å²) < 4.78 is 63.5. The maximum absolute atomic E-state index is 14.1. The summed E-state index contributed by atoms with van der Waals surface area (Å²) in [6, 6.07) is 16.9. The molecule has 17 nitrogen and oxygen atoms in total. The van der Waals surface area contributed by atoms with Crippen LogP contribution >= 0.6 is 0 Å². The monoisotopic (exact) mass is 952 g/mol. The number of ether oxygens (including phenoxy) is 9. The minimum Gasteiger partial charge on any atom is -0.462 e. The summed E-state index contributed by atoms with van der Waals surface area (Å²) in [6.45, 7) is 23.8. The van der Waals surface area contributed by atoms with Crippen molar-refractivity contribution >= 4 is 26.3 Å². The molecule has 67 heavy (non-hydrogen) atoms. The molecule has 1 N–H and O–H groups in total. The quantitative estimate of drug-likeness (QED) is 0.0293. The SMILES string of the molecule is C=CCOC(=O)O[C@@H]1C(N=[N+]=[N-])[C@H](O[Si](C)(C)C(C)(C)C(C)C)OC(CO[C@@H]2OC3COC(c4ccccc4)O[C@@H]3[C@H](C)C2NC(=O)C[C@@H](CC(C)C)OC(=O)CC)[C@@H]1OCc1ccccc1. The largest absolute Gasteiger partial charge is 0.508 e. The van der Waals surface area contributed by atoms with Crippen molar-refractivity contribution in [3.8, 4) is 0 Å². The van der Waals surface area contributed by atoms with Gasteiger partial charge >= 0.3 is 12.1 Å². The molecule has 0 saturated carbocycles. The Hall–Kier alpha value is -4.36. The fraction of sp³-hybridized carbons (Fsp3) is 0.653. The van der Waals surface area contributed by atoms with Crippen molar-refractivity contribution < 1.29 is 61.4 Å². The van der Waals surface area contributed by atoms with Gasteiger partial charge in [0.15, 0.2) is 27.2 Å². The number of benzene rings is 2. The highest BCUT2D eigenvalue weighted by atomic mass is 28.4. The van der Waals surface area contributed by atoms with Gasteiger partial charge in [0.1, 0.15) is 43.2 Å². The second-order valence-corrected chi connectivity index (χ2v) is 23.8. The Labute approximate surface area is 396 Å². The lowest BCUT2D eigenvalue weighted by molar-refractivity contribution is -0.342. The van der Waals surface area contributed by atoms with E-state index < -0.39 is 93.9 Å². The van der Waals surface area contributed by atoms with Crippen molar-refractivity contribution in [2.75, 3.05) is 19.8 Å². The van der Waals surface area contributed by atoms with E-state index in [-0.39, 0.29) is 62.1 Å². The van der Waals surface area contributed by atoms with Crippen LogP contribution in [0.3, 0.4) is 0 Å². The Morgan fingerprint density at radius 2 is 1.67 bits per heavy atom. The first-order chi connectivity index (χ1) is 31.9. The first-order valence-corrected chi connectivity index (χ1v) is 26.3. The van der Waals surface area contributed by atoms with E-state index in [0.29, 0.717) is 6.42 Å². The summed E-state index contributed by atoms with van der Waals surface area (Å²) in [5, 5.41) is 6.97. The van der Waals surface area contributed by atoms with Crippen molar-refractivity contribution in [3.05, 3.63) is 94.9 Å². The fourth-order valence-corrected chi connectivity index (χ4v) is 10.9. The molecule has 0 spiro atoms. The predicted molar refractivity (Wildman–Crippen MR) is 250 cm³/mol. The molecular formula is C49H72N4O13Si. The Kier molecular flexibility index (Phi) is 19.8. The third-order valence-electron chi connectivity index (χ3n) is 13.3. The van der Waals surface area contributed by atoms with E-state index in [1.54, 1.807) is 6.92 Å². The van der Waals surface area contributed by atoms with Crippen LogP contribution in [0.1, 0.15) is 92.1 Å². The van der Waals surface area contributed by atoms with Crippen molar-refractivity contribution in [1.82, 2.24) is 5.32 Å². The van der Waals surface area contributed by atoms with Gasteiger partial charge in [0.25, 0.3) is 0 Å². The third kappa shape index (κ3) is 14.3. The Bertz CT molecular complexity index is 1950. The Morgan fingerprint density at radius 1 is 0.985 bits per heavy atom. The molecule has 12 atom stereocenters. The molecule has 5 unspecified atom stereocenters. The van der Waals surface area contributed by atoms with Gasteiger partial charge in [0.05, 0.1) is 38.4 Å². The number of nitrogens with one attached hydrogen (secondary N) is 1. The van der Waals surface area contributed by atoms with Gasteiger partial charge < -0.3 is 52.4 Å². The predicted octanol–water partition coefficient (Wildman–Crippen LogP) is 9.08. The number of carbonyl (C=O) groups excluding carboxylic acids is 3. The molecule has 3 heterocycles. The van der Waals surface area contributed by atoms with E-state index in [1.807, 2.05) is 81.4 Å².